The van der Waals surface area contributed by atoms with Gasteiger partial charge in [-0.25, -0.2) is 9.97 Å². The van der Waals surface area contributed by atoms with Gasteiger partial charge in [0.05, 0.1) is 43.5 Å². The number of nitrogens with zero attached hydrogens (tertiary/aromatic N) is 4. The Morgan fingerprint density at radius 3 is 2.39 bits per heavy atom. The lowest BCUT2D eigenvalue weighted by atomic mass is 9.67. The number of ether oxygens (including phenoxy) is 3. The number of halogens is 4. The number of pyridine rings is 1. The fourth-order valence-electron chi connectivity index (χ4n) is 9.38. The maximum absolute atomic E-state index is 14.8. The number of methoxy groups -OCH3 is 3. The molecule has 0 radical (unpaired) electrons. The summed E-state index contributed by atoms with van der Waals surface area (Å²) in [6.07, 6.45) is 0.507. The predicted molar refractivity (Wildman–Crippen MR) is 215 cm³/mol. The number of rotatable bonds is 13. The van der Waals surface area contributed by atoms with Crippen LogP contribution >= 0.6 is 11.6 Å². The molecule has 2 bridgehead atoms. The minimum atomic E-state index is -4.80. The minimum Gasteiger partial charge on any atom is -0.481 e. The molecule has 2 aliphatic carbocycles. The number of alkyl halides is 3. The molecule has 2 aromatic heterocycles. The summed E-state index contributed by atoms with van der Waals surface area (Å²) in [4.78, 5) is 39.7. The predicted octanol–water partition coefficient (Wildman–Crippen LogP) is 7.28. The number of carbonyl (C=O) groups excluding carboxylic acids is 2. The number of piperidine rings is 2. The van der Waals surface area contributed by atoms with Crippen LogP contribution in [0.2, 0.25) is 5.02 Å². The Labute approximate surface area is 345 Å². The maximum Gasteiger partial charge on any atom is 0.437 e. The zero-order chi connectivity index (χ0) is 41.5. The normalized spacial score (nSPS) is 22.6. The number of hydrogen-bond acceptors (Lipinski definition) is 11. The topological polar surface area (TPSA) is 140 Å². The highest BCUT2D eigenvalue weighted by Gasteiger charge is 2.50. The second kappa shape index (κ2) is 16.6. The van der Waals surface area contributed by atoms with E-state index < -0.39 is 29.1 Å². The minimum absolute atomic E-state index is 0.00164. The highest BCUT2D eigenvalue weighted by molar-refractivity contribution is 6.36. The third-order valence-corrected chi connectivity index (χ3v) is 12.8. The first kappa shape index (κ1) is 40.8. The quantitative estimate of drug-likeness (QED) is 0.117. The number of hydrogen-bond donors (Lipinski definition) is 3. The van der Waals surface area contributed by atoms with E-state index in [0.717, 1.165) is 47.1 Å². The first-order valence-electron chi connectivity index (χ1n) is 20.0. The van der Waals surface area contributed by atoms with Gasteiger partial charge in [-0.3, -0.25) is 14.5 Å². The van der Waals surface area contributed by atoms with Crippen molar-refractivity contribution in [2.24, 2.45) is 5.41 Å². The van der Waals surface area contributed by atoms with Gasteiger partial charge in [0.15, 0.2) is 11.5 Å². The van der Waals surface area contributed by atoms with E-state index in [2.05, 4.69) is 25.9 Å². The Kier molecular flexibility index (Phi) is 11.5. The largest absolute Gasteiger partial charge is 0.481 e. The fraction of sp³-hybridized carbons (Fsp3) is 0.465. The van der Waals surface area contributed by atoms with Crippen LogP contribution in [0.25, 0.3) is 22.4 Å². The van der Waals surface area contributed by atoms with E-state index in [-0.39, 0.29) is 42.1 Å². The molecule has 2 atom stereocenters. The van der Waals surface area contributed by atoms with Crippen molar-refractivity contribution in [2.45, 2.75) is 88.8 Å². The van der Waals surface area contributed by atoms with Crippen molar-refractivity contribution in [1.82, 2.24) is 30.5 Å². The van der Waals surface area contributed by atoms with E-state index >= 15 is 0 Å². The molecule has 16 heteroatoms. The SMILES string of the molecule is COC(=O)C12CCC(CC1)N(Cc1nc(C(F)(F)F)c(N[C@H]3CCc4c(-c5cccc(-c6ccc(CNC[C@@H]7CCC(=O)N7)c(OC)n6)c5Cl)cccc43)nc1OC)C2. The Morgan fingerprint density at radius 1 is 0.932 bits per heavy atom. The van der Waals surface area contributed by atoms with E-state index in [0.29, 0.717) is 73.9 Å². The third-order valence-electron chi connectivity index (χ3n) is 12.4. The number of anilines is 1. The highest BCUT2D eigenvalue weighted by atomic mass is 35.5. The number of benzene rings is 2. The van der Waals surface area contributed by atoms with Gasteiger partial charge in [0, 0.05) is 61.4 Å². The summed E-state index contributed by atoms with van der Waals surface area (Å²) in [5.74, 6) is -0.167. The standard InChI is InChI=1S/C43H47ClF3N7O5/c1-57-39-24(20-48-21-25-11-15-35(55)49-25)10-13-33(52-39)31-9-5-8-30(36(31)44)27-6-4-7-29-28(27)12-14-32(29)51-38-37(43(45,46)47)50-34(40(53-38)58-2)22-54-23-42(41(56)59-3)18-16-26(54)17-19-42/h4-10,13,25-26,32,48H,11-12,14-23H2,1-3H3,(H,49,55)(H,51,53)/t25-,26?,32-,42?/m0/s1. The molecule has 5 heterocycles. The second-order valence-electron chi connectivity index (χ2n) is 15.9. The summed E-state index contributed by atoms with van der Waals surface area (Å²) in [7, 11) is 4.31. The van der Waals surface area contributed by atoms with E-state index in [4.69, 9.17) is 30.8 Å². The molecule has 1 saturated carbocycles. The van der Waals surface area contributed by atoms with E-state index in [1.165, 1.54) is 14.2 Å². The van der Waals surface area contributed by atoms with Crippen LogP contribution in [0.4, 0.5) is 19.0 Å². The molecule has 4 aromatic rings. The van der Waals surface area contributed by atoms with Crippen molar-refractivity contribution in [2.75, 3.05) is 39.7 Å². The van der Waals surface area contributed by atoms with Gasteiger partial charge in [-0.05, 0) is 67.7 Å². The molecule has 2 aromatic carbocycles. The smallest absolute Gasteiger partial charge is 0.437 e. The first-order chi connectivity index (χ1) is 28.4. The van der Waals surface area contributed by atoms with Crippen LogP contribution in [-0.2, 0) is 40.0 Å². The molecule has 5 aliphatic rings. The van der Waals surface area contributed by atoms with Crippen LogP contribution in [0.5, 0.6) is 11.8 Å². The van der Waals surface area contributed by atoms with Gasteiger partial charge < -0.3 is 30.2 Å². The number of carbonyl (C=O) groups is 2. The summed E-state index contributed by atoms with van der Waals surface area (Å²) in [5.41, 5.74) is 3.92. The van der Waals surface area contributed by atoms with Gasteiger partial charge in [-0.15, -0.1) is 0 Å². The van der Waals surface area contributed by atoms with E-state index in [1.807, 2.05) is 53.4 Å². The van der Waals surface area contributed by atoms with Crippen LogP contribution in [0.1, 0.15) is 79.1 Å². The van der Waals surface area contributed by atoms with Gasteiger partial charge in [-0.1, -0.05) is 54.1 Å². The zero-order valence-electron chi connectivity index (χ0n) is 33.2. The van der Waals surface area contributed by atoms with Crippen molar-refractivity contribution in [3.63, 3.8) is 0 Å². The van der Waals surface area contributed by atoms with Crippen LogP contribution in [-0.4, -0.2) is 78.2 Å². The van der Waals surface area contributed by atoms with Crippen molar-refractivity contribution in [1.29, 1.82) is 0 Å². The Hall–Kier alpha value is -4.99. The van der Waals surface area contributed by atoms with Crippen LogP contribution < -0.4 is 25.4 Å². The molecule has 312 valence electrons. The second-order valence-corrected chi connectivity index (χ2v) is 16.2. The summed E-state index contributed by atoms with van der Waals surface area (Å²) in [6.45, 7) is 1.58. The lowest BCUT2D eigenvalue weighted by molar-refractivity contribution is -0.163. The van der Waals surface area contributed by atoms with E-state index in [9.17, 15) is 22.8 Å². The molecule has 4 fully saturated rings. The third kappa shape index (κ3) is 8.04. The highest BCUT2D eigenvalue weighted by Crippen LogP contribution is 2.48. The van der Waals surface area contributed by atoms with Crippen LogP contribution in [0, 0.1) is 5.41 Å². The lowest BCUT2D eigenvalue weighted by Crippen LogP contribution is -2.57. The summed E-state index contributed by atoms with van der Waals surface area (Å²) in [6, 6.07) is 15.0. The Balaban J connectivity index is 1.03. The molecule has 3 aliphatic heterocycles. The van der Waals surface area contributed by atoms with Gasteiger partial charge >= 0.3 is 12.1 Å². The van der Waals surface area contributed by atoms with Crippen LogP contribution in [0.3, 0.4) is 0 Å². The maximum atomic E-state index is 14.8. The van der Waals surface area contributed by atoms with Gasteiger partial charge in [0.2, 0.25) is 17.7 Å². The first-order valence-corrected chi connectivity index (χ1v) is 20.3. The number of nitrogens with one attached hydrogen (secondary N) is 3. The summed E-state index contributed by atoms with van der Waals surface area (Å²) >= 11 is 7.16. The monoisotopic (exact) mass is 833 g/mol. The van der Waals surface area contributed by atoms with Crippen molar-refractivity contribution in [3.8, 4) is 34.1 Å². The molecule has 3 saturated heterocycles. The van der Waals surface area contributed by atoms with E-state index in [1.54, 1.807) is 7.11 Å². The molecule has 12 nitrogen and oxygen atoms in total. The zero-order valence-corrected chi connectivity index (χ0v) is 33.9. The van der Waals surface area contributed by atoms with Gasteiger partial charge in [0.25, 0.3) is 0 Å². The van der Waals surface area contributed by atoms with Crippen molar-refractivity contribution in [3.05, 3.63) is 81.6 Å². The molecule has 0 spiro atoms. The number of fused-ring (bicyclic) bond motifs is 4. The van der Waals surface area contributed by atoms with Crippen molar-refractivity contribution >= 4 is 29.3 Å². The summed E-state index contributed by atoms with van der Waals surface area (Å²) in [5, 5.41) is 9.91. The number of aromatic nitrogens is 3. The molecular weight excluding hydrogens is 787 g/mol. The molecule has 3 N–H and O–H groups in total. The van der Waals surface area contributed by atoms with Gasteiger partial charge in [0.1, 0.15) is 5.69 Å². The molecule has 59 heavy (non-hydrogen) atoms. The summed E-state index contributed by atoms with van der Waals surface area (Å²) < 4.78 is 60.7. The molecule has 1 amide bonds. The van der Waals surface area contributed by atoms with Crippen molar-refractivity contribution < 1.29 is 37.0 Å². The van der Waals surface area contributed by atoms with Crippen LogP contribution in [0.15, 0.2) is 48.5 Å². The molecule has 0 unspecified atom stereocenters. The molecular formula is C43H47ClF3N7O5. The lowest BCUT2D eigenvalue weighted by Gasteiger charge is -2.51. The fourth-order valence-corrected chi connectivity index (χ4v) is 9.70. The Bertz CT molecular complexity index is 2250. The average Bonchev–Trinajstić information content (AvgIpc) is 3.86. The molecule has 9 rings (SSSR count). The number of amides is 1. The number of esters is 1. The van der Waals surface area contributed by atoms with Gasteiger partial charge in [-0.2, -0.15) is 18.2 Å². The average molecular weight is 834 g/mol. The Morgan fingerprint density at radius 2 is 1.68 bits per heavy atom.